The molecule has 2 heterocycles. The van der Waals surface area contributed by atoms with Crippen LogP contribution in [0.15, 0.2) is 95.4 Å². The van der Waals surface area contributed by atoms with Gasteiger partial charge in [0.05, 0.1) is 36.9 Å². The predicted molar refractivity (Wildman–Crippen MR) is 197 cm³/mol. The number of unbranched alkanes of at least 4 members (excludes halogenated alkanes) is 1. The average Bonchev–Trinajstić information content (AvgIpc) is 3.58. The molecular weight excluding hydrogens is 720 g/mol. The van der Waals surface area contributed by atoms with Crippen molar-refractivity contribution < 1.29 is 65.0 Å². The molecule has 0 radical (unpaired) electrons. The minimum absolute atomic E-state index is 0. The summed E-state index contributed by atoms with van der Waals surface area (Å²) in [6, 6.07) is 29.2. The minimum Gasteiger partial charge on any atom is -0.748 e. The molecule has 8 nitrogen and oxygen atoms in total. The van der Waals surface area contributed by atoms with Crippen molar-refractivity contribution in [2.24, 2.45) is 0 Å². The van der Waals surface area contributed by atoms with Gasteiger partial charge in [-0.25, -0.2) is 16.8 Å². The number of nitrogens with zero attached hydrogens (tertiary/aromatic N) is 1. The Morgan fingerprint density at radius 1 is 0.920 bits per heavy atom. The van der Waals surface area contributed by atoms with E-state index in [2.05, 4.69) is 72.2 Å². The van der Waals surface area contributed by atoms with Gasteiger partial charge in [-0.05, 0) is 60.2 Å². The average molecular weight is 760 g/mol. The Bertz CT molecular complexity index is 2220. The summed E-state index contributed by atoms with van der Waals surface area (Å²) in [6.07, 6.45) is 4.98. The second-order valence-corrected chi connectivity index (χ2v) is 18.3. The Labute approximate surface area is 325 Å². The zero-order valence-corrected chi connectivity index (χ0v) is 33.8. The van der Waals surface area contributed by atoms with Crippen LogP contribution >= 0.6 is 23.1 Å². The smallest absolute Gasteiger partial charge is 0.748 e. The standard InChI is InChI=1S/C37H40N2O6S4.Na/c1-3-27(21-36-38(18-9-10-20-48(40,41)42)33-23-29-13-7-8-14-30(29)25-35(33)47-36)22-37-39(19-17-26(2)49(43,44)45)32-24-31(15-16-34(32)46-37)28-11-5-4-6-12-28;/h4-8,11-16,22-26,36H,3,9-10,17-21H2,1-2H3,(H-,40,41,42,43,44,45);/q;+1/b27-22+;. The van der Waals surface area contributed by atoms with Gasteiger partial charge in [0.2, 0.25) is 5.52 Å². The van der Waals surface area contributed by atoms with E-state index in [-0.39, 0.29) is 47.1 Å². The number of aromatic nitrogens is 1. The fourth-order valence-electron chi connectivity index (χ4n) is 6.44. The summed E-state index contributed by atoms with van der Waals surface area (Å²) in [5.74, 6) is -0.354. The second kappa shape index (κ2) is 16.7. The maximum atomic E-state index is 11.8. The molecule has 0 fully saturated rings. The van der Waals surface area contributed by atoms with Gasteiger partial charge in [-0.15, -0.1) is 0 Å². The molecule has 1 aliphatic heterocycles. The molecular formula is C37H40N2NaO6S4+. The van der Waals surface area contributed by atoms with Crippen LogP contribution in [0.2, 0.25) is 0 Å². The van der Waals surface area contributed by atoms with Crippen LogP contribution in [0.4, 0.5) is 5.69 Å². The van der Waals surface area contributed by atoms with Crippen LogP contribution in [0.3, 0.4) is 0 Å². The van der Waals surface area contributed by atoms with Gasteiger partial charge in [0.25, 0.3) is 5.01 Å². The zero-order chi connectivity index (χ0) is 34.8. The first-order valence-corrected chi connectivity index (χ1v) is 21.3. The van der Waals surface area contributed by atoms with Gasteiger partial charge in [-0.1, -0.05) is 96.3 Å². The summed E-state index contributed by atoms with van der Waals surface area (Å²) in [6.45, 7) is 4.72. The van der Waals surface area contributed by atoms with Gasteiger partial charge >= 0.3 is 29.6 Å². The Kier molecular flexibility index (Phi) is 13.1. The largest absolute Gasteiger partial charge is 1.00 e. The SMILES string of the molecule is CC/C(=C\c1sc2ccc(-c3ccccc3)cc2[n+]1CCC(C)S(=O)(=O)[O-])CC1Sc2cc3ccccc3cc2[NH+]1CCCCS(=O)(=O)[O-].[Na+]. The fourth-order valence-corrected chi connectivity index (χ4v) is 10.1. The molecule has 6 rings (SSSR count). The Morgan fingerprint density at radius 3 is 2.30 bits per heavy atom. The minimum atomic E-state index is -4.41. The van der Waals surface area contributed by atoms with E-state index in [0.29, 0.717) is 25.9 Å². The molecule has 0 spiro atoms. The molecule has 1 N–H and O–H groups in total. The van der Waals surface area contributed by atoms with E-state index in [1.54, 1.807) is 11.3 Å². The van der Waals surface area contributed by atoms with Crippen molar-refractivity contribution in [2.45, 2.75) is 68.0 Å². The zero-order valence-electron chi connectivity index (χ0n) is 28.5. The van der Waals surface area contributed by atoms with Crippen LogP contribution in [-0.2, 0) is 26.8 Å². The summed E-state index contributed by atoms with van der Waals surface area (Å²) in [5, 5.41) is 2.48. The number of aryl methyl sites for hydroxylation is 1. The van der Waals surface area contributed by atoms with E-state index >= 15 is 0 Å². The van der Waals surface area contributed by atoms with Crippen molar-refractivity contribution in [1.82, 2.24) is 0 Å². The normalized spacial score (nSPS) is 17.2. The van der Waals surface area contributed by atoms with Gasteiger partial charge < -0.3 is 9.11 Å². The van der Waals surface area contributed by atoms with E-state index in [0.717, 1.165) is 44.6 Å². The number of quaternary nitrogens is 1. The monoisotopic (exact) mass is 759 g/mol. The first kappa shape index (κ1) is 39.1. The molecule has 0 saturated heterocycles. The molecule has 4 aromatic carbocycles. The fraction of sp³-hybridized carbons (Fsp3) is 0.324. The summed E-state index contributed by atoms with van der Waals surface area (Å²) in [7, 11) is -8.67. The first-order valence-electron chi connectivity index (χ1n) is 16.5. The maximum Gasteiger partial charge on any atom is 1.00 e. The molecule has 1 aliphatic rings. The van der Waals surface area contributed by atoms with Crippen LogP contribution < -0.4 is 39.0 Å². The number of hydrogen-bond donors (Lipinski definition) is 1. The number of fused-ring (bicyclic) bond motifs is 3. The van der Waals surface area contributed by atoms with Gasteiger partial charge in [0, 0.05) is 36.8 Å². The van der Waals surface area contributed by atoms with Crippen molar-refractivity contribution >= 4 is 76.1 Å². The summed E-state index contributed by atoms with van der Waals surface area (Å²) in [5.41, 5.74) is 5.59. The predicted octanol–water partition coefficient (Wildman–Crippen LogP) is 3.49. The van der Waals surface area contributed by atoms with Gasteiger partial charge in [0.1, 0.15) is 15.8 Å². The van der Waals surface area contributed by atoms with Crippen molar-refractivity contribution in [3.05, 3.63) is 95.5 Å². The van der Waals surface area contributed by atoms with Gasteiger partial charge in [0.15, 0.2) is 6.54 Å². The third-order valence-corrected chi connectivity index (χ3v) is 13.7. The number of nitrogens with one attached hydrogen (secondary N) is 1. The van der Waals surface area contributed by atoms with Crippen LogP contribution in [0, 0.1) is 0 Å². The molecule has 0 aliphatic carbocycles. The Balaban J connectivity index is 0.00000486. The van der Waals surface area contributed by atoms with Crippen LogP contribution in [0.5, 0.6) is 0 Å². The third kappa shape index (κ3) is 9.46. The molecule has 1 aromatic heterocycles. The molecule has 3 unspecified atom stereocenters. The number of rotatable bonds is 14. The third-order valence-electron chi connectivity index (χ3n) is 9.26. The van der Waals surface area contributed by atoms with Crippen molar-refractivity contribution in [2.75, 3.05) is 12.3 Å². The van der Waals surface area contributed by atoms with E-state index in [1.807, 2.05) is 42.1 Å². The topological polar surface area (TPSA) is 123 Å². The summed E-state index contributed by atoms with van der Waals surface area (Å²) in [4.78, 5) is 2.49. The Hall–Kier alpha value is -2.10. The molecule has 50 heavy (non-hydrogen) atoms. The molecule has 0 bridgehead atoms. The van der Waals surface area contributed by atoms with Crippen LogP contribution in [0.1, 0.15) is 51.0 Å². The molecule has 258 valence electrons. The van der Waals surface area contributed by atoms with Crippen LogP contribution in [-0.4, -0.2) is 48.9 Å². The number of hydrogen-bond acceptors (Lipinski definition) is 8. The Morgan fingerprint density at radius 2 is 1.62 bits per heavy atom. The molecule has 0 amide bonds. The second-order valence-electron chi connectivity index (χ2n) is 12.6. The quantitative estimate of drug-likeness (QED) is 0.0797. The molecule has 5 aromatic rings. The molecule has 0 saturated carbocycles. The maximum absolute atomic E-state index is 11.8. The van der Waals surface area contributed by atoms with Crippen molar-refractivity contribution in [3.63, 3.8) is 0 Å². The van der Waals surface area contributed by atoms with Gasteiger partial charge in [-0.2, -0.15) is 4.57 Å². The van der Waals surface area contributed by atoms with E-state index in [4.69, 9.17) is 0 Å². The van der Waals surface area contributed by atoms with E-state index in [9.17, 15) is 25.9 Å². The van der Waals surface area contributed by atoms with E-state index < -0.39 is 25.5 Å². The van der Waals surface area contributed by atoms with Crippen molar-refractivity contribution in [1.29, 1.82) is 0 Å². The van der Waals surface area contributed by atoms with Crippen LogP contribution in [0.25, 0.3) is 38.2 Å². The molecule has 3 atom stereocenters. The molecule has 13 heteroatoms. The number of benzene rings is 4. The van der Waals surface area contributed by atoms with Crippen molar-refractivity contribution in [3.8, 4) is 11.1 Å². The van der Waals surface area contributed by atoms with E-state index in [1.165, 1.54) is 33.4 Å². The number of thioether (sulfide) groups is 1. The van der Waals surface area contributed by atoms with Gasteiger partial charge in [-0.3, -0.25) is 4.90 Å². The summed E-state index contributed by atoms with van der Waals surface area (Å²) >= 11 is 3.50. The number of thiazole rings is 1. The first-order chi connectivity index (χ1) is 23.4. The summed E-state index contributed by atoms with van der Waals surface area (Å²) < 4.78 is 72.5.